The lowest BCUT2D eigenvalue weighted by atomic mass is 10.2. The molecule has 0 fully saturated rings. The molecule has 3 aromatic rings. The highest BCUT2D eigenvalue weighted by Crippen LogP contribution is 2.35. The third kappa shape index (κ3) is 2.36. The molecule has 0 atom stereocenters. The van der Waals surface area contributed by atoms with Crippen molar-refractivity contribution < 1.29 is 9.66 Å². The van der Waals surface area contributed by atoms with Gasteiger partial charge in [0.15, 0.2) is 5.65 Å². The Bertz CT molecular complexity index is 848. The number of para-hydroxylation sites is 1. The molecule has 0 amide bonds. The Labute approximate surface area is 122 Å². The lowest BCUT2D eigenvalue weighted by Gasteiger charge is -2.08. The normalized spacial score (nSPS) is 10.8. The predicted molar refractivity (Wildman–Crippen MR) is 74.6 cm³/mol. The highest BCUT2D eigenvalue weighted by molar-refractivity contribution is 6.28. The van der Waals surface area contributed by atoms with Crippen molar-refractivity contribution in [3.8, 4) is 11.6 Å². The number of aromatic amines is 1. The molecule has 0 aliphatic heterocycles. The third-order valence-corrected chi connectivity index (χ3v) is 2.98. The van der Waals surface area contributed by atoms with Gasteiger partial charge in [0.05, 0.1) is 11.3 Å². The summed E-state index contributed by atoms with van der Waals surface area (Å²) < 4.78 is 5.61. The van der Waals surface area contributed by atoms with Gasteiger partial charge in [0.1, 0.15) is 5.52 Å². The van der Waals surface area contributed by atoms with Gasteiger partial charge in [-0.15, -0.1) is 0 Å². The topological polar surface area (TPSA) is 107 Å². The molecule has 0 radical (unpaired) electrons. The smallest absolute Gasteiger partial charge is 0.311 e. The van der Waals surface area contributed by atoms with E-state index < -0.39 is 4.92 Å². The number of aromatic nitrogens is 4. The van der Waals surface area contributed by atoms with Crippen molar-refractivity contribution in [2.45, 2.75) is 6.92 Å². The number of hydrogen-bond donors (Lipinski definition) is 1. The second kappa shape index (κ2) is 4.98. The zero-order chi connectivity index (χ0) is 15.0. The number of ether oxygens (including phenoxy) is 1. The number of benzene rings is 1. The molecule has 3 rings (SSSR count). The fraction of sp³-hybridized carbons (Fsp3) is 0.0833. The summed E-state index contributed by atoms with van der Waals surface area (Å²) >= 11 is 5.80. The van der Waals surface area contributed by atoms with Crippen molar-refractivity contribution >= 4 is 28.5 Å². The van der Waals surface area contributed by atoms with Crippen molar-refractivity contribution in [1.82, 2.24) is 19.9 Å². The van der Waals surface area contributed by atoms with Gasteiger partial charge in [-0.2, -0.15) is 9.97 Å². The molecule has 0 aliphatic rings. The van der Waals surface area contributed by atoms with Crippen LogP contribution in [-0.2, 0) is 0 Å². The van der Waals surface area contributed by atoms with Crippen LogP contribution >= 0.6 is 11.6 Å². The Hall–Kier alpha value is -2.74. The number of nitro benzene ring substituents is 1. The van der Waals surface area contributed by atoms with E-state index >= 15 is 0 Å². The van der Waals surface area contributed by atoms with Gasteiger partial charge in [-0.25, -0.2) is 4.98 Å². The summed E-state index contributed by atoms with van der Waals surface area (Å²) in [6.45, 7) is 1.70. The van der Waals surface area contributed by atoms with Crippen LogP contribution in [0.4, 0.5) is 5.69 Å². The minimum Gasteiger partial charge on any atom is -0.429 e. The van der Waals surface area contributed by atoms with Crippen LogP contribution in [0.5, 0.6) is 11.6 Å². The van der Waals surface area contributed by atoms with Crippen molar-refractivity contribution in [3.63, 3.8) is 0 Å². The molecule has 0 unspecified atom stereocenters. The standard InChI is InChI=1S/C12H8ClN5O3/c1-6-3-2-4-7(18(19)20)9(6)21-11-8-10(15-5-14-8)16-12(13)17-11/h2-5H,1H3,(H,14,15,16,17). The Balaban J connectivity index is 2.15. The first-order valence-corrected chi connectivity index (χ1v) is 6.22. The molecular formula is C12H8ClN5O3. The third-order valence-electron chi connectivity index (χ3n) is 2.81. The first kappa shape index (κ1) is 13.3. The molecular weight excluding hydrogens is 298 g/mol. The summed E-state index contributed by atoms with van der Waals surface area (Å²) in [4.78, 5) is 25.2. The summed E-state index contributed by atoms with van der Waals surface area (Å²) in [7, 11) is 0. The molecule has 8 nitrogen and oxygen atoms in total. The second-order valence-corrected chi connectivity index (χ2v) is 4.52. The van der Waals surface area contributed by atoms with E-state index in [-0.39, 0.29) is 22.6 Å². The number of halogens is 1. The van der Waals surface area contributed by atoms with E-state index in [1.807, 2.05) is 0 Å². The van der Waals surface area contributed by atoms with E-state index in [1.165, 1.54) is 12.4 Å². The van der Waals surface area contributed by atoms with E-state index in [4.69, 9.17) is 16.3 Å². The second-order valence-electron chi connectivity index (χ2n) is 4.18. The number of nitrogens with zero attached hydrogens (tertiary/aromatic N) is 4. The van der Waals surface area contributed by atoms with Crippen LogP contribution in [0.2, 0.25) is 5.28 Å². The molecule has 0 aliphatic carbocycles. The van der Waals surface area contributed by atoms with E-state index in [9.17, 15) is 10.1 Å². The average molecular weight is 306 g/mol. The fourth-order valence-electron chi connectivity index (χ4n) is 1.87. The average Bonchev–Trinajstić information content (AvgIpc) is 2.88. The number of H-pyrrole nitrogens is 1. The molecule has 9 heteroatoms. The number of aryl methyl sites for hydroxylation is 1. The van der Waals surface area contributed by atoms with Gasteiger partial charge in [-0.1, -0.05) is 12.1 Å². The number of nitro groups is 1. The minimum atomic E-state index is -0.519. The first-order valence-electron chi connectivity index (χ1n) is 5.84. The first-order chi connectivity index (χ1) is 10.1. The van der Waals surface area contributed by atoms with Gasteiger partial charge in [0, 0.05) is 6.07 Å². The van der Waals surface area contributed by atoms with Crippen LogP contribution in [0.1, 0.15) is 5.56 Å². The molecule has 1 N–H and O–H groups in total. The van der Waals surface area contributed by atoms with Gasteiger partial charge in [-0.05, 0) is 24.1 Å². The van der Waals surface area contributed by atoms with Crippen molar-refractivity contribution in [2.75, 3.05) is 0 Å². The Morgan fingerprint density at radius 1 is 1.38 bits per heavy atom. The van der Waals surface area contributed by atoms with E-state index in [2.05, 4.69) is 19.9 Å². The highest BCUT2D eigenvalue weighted by atomic mass is 35.5. The largest absolute Gasteiger partial charge is 0.429 e. The van der Waals surface area contributed by atoms with Crippen LogP contribution in [0.15, 0.2) is 24.5 Å². The maximum absolute atomic E-state index is 11.1. The molecule has 0 saturated carbocycles. The minimum absolute atomic E-state index is 0.0548. The molecule has 21 heavy (non-hydrogen) atoms. The van der Waals surface area contributed by atoms with Gasteiger partial charge in [-0.3, -0.25) is 10.1 Å². The van der Waals surface area contributed by atoms with E-state index in [1.54, 1.807) is 19.1 Å². The summed E-state index contributed by atoms with van der Waals surface area (Å²) in [6.07, 6.45) is 1.41. The Morgan fingerprint density at radius 3 is 2.95 bits per heavy atom. The summed E-state index contributed by atoms with van der Waals surface area (Å²) in [5.74, 6) is 0.188. The van der Waals surface area contributed by atoms with Gasteiger partial charge < -0.3 is 9.72 Å². The molecule has 106 valence electrons. The van der Waals surface area contributed by atoms with Crippen LogP contribution in [0.25, 0.3) is 11.2 Å². The monoisotopic (exact) mass is 305 g/mol. The van der Waals surface area contributed by atoms with Gasteiger partial charge in [0.2, 0.25) is 16.9 Å². The van der Waals surface area contributed by atoms with Gasteiger partial charge in [0.25, 0.3) is 0 Å². The predicted octanol–water partition coefficient (Wildman–Crippen LogP) is 3.02. The van der Waals surface area contributed by atoms with Crippen LogP contribution in [-0.4, -0.2) is 24.9 Å². The Morgan fingerprint density at radius 2 is 2.19 bits per heavy atom. The number of imidazole rings is 1. The quantitative estimate of drug-likeness (QED) is 0.453. The summed E-state index contributed by atoms with van der Waals surface area (Å²) in [5.41, 5.74) is 1.18. The van der Waals surface area contributed by atoms with E-state index in [0.29, 0.717) is 16.7 Å². The number of fused-ring (bicyclic) bond motifs is 1. The lowest BCUT2D eigenvalue weighted by Crippen LogP contribution is -1.98. The highest BCUT2D eigenvalue weighted by Gasteiger charge is 2.20. The SMILES string of the molecule is Cc1cccc([N+](=O)[O-])c1Oc1nc(Cl)nc2nc[nH]c12. The zero-order valence-corrected chi connectivity index (χ0v) is 11.5. The van der Waals surface area contributed by atoms with Crippen LogP contribution < -0.4 is 4.74 Å². The van der Waals surface area contributed by atoms with Crippen molar-refractivity contribution in [2.24, 2.45) is 0 Å². The lowest BCUT2D eigenvalue weighted by molar-refractivity contribution is -0.385. The molecule has 2 heterocycles. The molecule has 0 saturated heterocycles. The van der Waals surface area contributed by atoms with Crippen LogP contribution in [0.3, 0.4) is 0 Å². The Kier molecular flexibility index (Phi) is 3.15. The molecule has 0 bridgehead atoms. The molecule has 0 spiro atoms. The maximum Gasteiger partial charge on any atom is 0.311 e. The van der Waals surface area contributed by atoms with Gasteiger partial charge >= 0.3 is 5.69 Å². The number of hydrogen-bond acceptors (Lipinski definition) is 6. The summed E-state index contributed by atoms with van der Waals surface area (Å²) in [6, 6.07) is 4.64. The fourth-order valence-corrected chi connectivity index (χ4v) is 2.02. The summed E-state index contributed by atoms with van der Waals surface area (Å²) in [5, 5.41) is 11.0. The number of nitrogens with one attached hydrogen (secondary N) is 1. The zero-order valence-electron chi connectivity index (χ0n) is 10.7. The van der Waals surface area contributed by atoms with Crippen molar-refractivity contribution in [1.29, 1.82) is 0 Å². The maximum atomic E-state index is 11.1. The molecule has 1 aromatic carbocycles. The van der Waals surface area contributed by atoms with E-state index in [0.717, 1.165) is 0 Å². The van der Waals surface area contributed by atoms with Crippen LogP contribution in [0, 0.1) is 17.0 Å². The molecule has 2 aromatic heterocycles. The number of rotatable bonds is 3. The van der Waals surface area contributed by atoms with Crippen molar-refractivity contribution in [3.05, 3.63) is 45.5 Å².